The van der Waals surface area contributed by atoms with Crippen LogP contribution in [-0.2, 0) is 25.5 Å². The van der Waals surface area contributed by atoms with E-state index in [0.717, 1.165) is 0 Å². The number of ether oxygens (including phenoxy) is 1. The van der Waals surface area contributed by atoms with E-state index in [1.54, 1.807) is 43.6 Å². The number of phenolic OH excluding ortho intramolecular Hbond substituents is 1. The number of rotatable bonds is 5. The lowest BCUT2D eigenvalue weighted by atomic mass is 9.90. The maximum atomic E-state index is 13.6. The molecule has 1 aromatic heterocycles. The van der Waals surface area contributed by atoms with Gasteiger partial charge in [0.2, 0.25) is 17.7 Å². The summed E-state index contributed by atoms with van der Waals surface area (Å²) in [5, 5.41) is 32.2. The van der Waals surface area contributed by atoms with E-state index in [1.165, 1.54) is 19.1 Å². The molecule has 12 heteroatoms. The minimum absolute atomic E-state index is 0.0488. The molecule has 0 radical (unpaired) electrons. The van der Waals surface area contributed by atoms with Crippen LogP contribution in [0.2, 0.25) is 0 Å². The van der Waals surface area contributed by atoms with Crippen molar-refractivity contribution in [3.05, 3.63) is 59.9 Å². The number of amides is 4. The topological polar surface area (TPSA) is 179 Å². The van der Waals surface area contributed by atoms with Gasteiger partial charge in [0, 0.05) is 18.3 Å². The Balaban J connectivity index is 1.67. The number of carbonyl (C=O) groups is 4. The normalized spacial score (nSPS) is 28.5. The lowest BCUT2D eigenvalue weighted by Crippen LogP contribution is -2.65. The molecule has 2 aromatic rings. The Morgan fingerprint density at radius 3 is 2.41 bits per heavy atom. The molecule has 2 saturated heterocycles. The molecule has 6 atom stereocenters. The number of phenols is 1. The number of pyridine rings is 1. The number of aliphatic hydroxyl groups excluding tert-OH is 1. The van der Waals surface area contributed by atoms with Crippen molar-refractivity contribution in [1.82, 2.24) is 26.3 Å². The molecule has 3 heterocycles. The van der Waals surface area contributed by atoms with Gasteiger partial charge in [0.1, 0.15) is 17.8 Å². The molecule has 6 unspecified atom stereocenters. The third-order valence-corrected chi connectivity index (χ3v) is 7.15. The van der Waals surface area contributed by atoms with Gasteiger partial charge in [-0.2, -0.15) is 0 Å². The molecule has 2 fully saturated rings. The smallest absolute Gasteiger partial charge is 0.255 e. The number of hydrogen-bond acceptors (Lipinski definition) is 8. The summed E-state index contributed by atoms with van der Waals surface area (Å²) in [6.45, 7) is 3.59. The van der Waals surface area contributed by atoms with Crippen molar-refractivity contribution in [2.24, 2.45) is 11.8 Å². The molecule has 4 rings (SSSR count). The molecule has 0 saturated carbocycles. The van der Waals surface area contributed by atoms with Crippen LogP contribution in [0.3, 0.4) is 0 Å². The number of aromatic hydroxyl groups is 1. The summed E-state index contributed by atoms with van der Waals surface area (Å²) in [6, 6.07) is 5.26. The minimum atomic E-state index is -1.33. The lowest BCUT2D eigenvalue weighted by molar-refractivity contribution is -0.141. The maximum Gasteiger partial charge on any atom is 0.255 e. The van der Waals surface area contributed by atoms with E-state index in [-0.39, 0.29) is 36.9 Å². The van der Waals surface area contributed by atoms with E-state index >= 15 is 0 Å². The predicted octanol–water partition coefficient (Wildman–Crippen LogP) is -0.740. The third-order valence-electron chi connectivity index (χ3n) is 7.15. The van der Waals surface area contributed by atoms with Crippen LogP contribution in [0.4, 0.5) is 0 Å². The average Bonchev–Trinajstić information content (AvgIpc) is 2.89. The SMILES string of the molecule is CC1NC(=O)C(C2COC2)NC(=O)C(C)C(O)C(Cc2cccnc2)NC(=O)C1NC(=O)c1ccccc1O. The summed E-state index contributed by atoms with van der Waals surface area (Å²) in [5.41, 5.74) is 0.662. The van der Waals surface area contributed by atoms with Gasteiger partial charge in [-0.15, -0.1) is 0 Å². The van der Waals surface area contributed by atoms with E-state index in [9.17, 15) is 29.4 Å². The molecule has 12 nitrogen and oxygen atoms in total. The fourth-order valence-electron chi connectivity index (χ4n) is 4.63. The van der Waals surface area contributed by atoms with Crippen molar-refractivity contribution in [2.75, 3.05) is 13.2 Å². The number of para-hydroxylation sites is 1. The van der Waals surface area contributed by atoms with Crippen LogP contribution in [-0.4, -0.2) is 82.3 Å². The highest BCUT2D eigenvalue weighted by Gasteiger charge is 2.41. The number of aliphatic hydroxyl groups is 1. The molecule has 0 spiro atoms. The first kappa shape index (κ1) is 28.0. The predicted molar refractivity (Wildman–Crippen MR) is 138 cm³/mol. The summed E-state index contributed by atoms with van der Waals surface area (Å²) in [6.07, 6.45) is 2.00. The van der Waals surface area contributed by atoms with Crippen molar-refractivity contribution in [3.8, 4) is 5.75 Å². The van der Waals surface area contributed by atoms with Crippen molar-refractivity contribution in [2.45, 2.75) is 50.5 Å². The molecule has 39 heavy (non-hydrogen) atoms. The molecule has 0 bridgehead atoms. The number of nitrogens with one attached hydrogen (secondary N) is 4. The highest BCUT2D eigenvalue weighted by atomic mass is 16.5. The van der Waals surface area contributed by atoms with Crippen LogP contribution in [0.1, 0.15) is 29.8 Å². The second-order valence-corrected chi connectivity index (χ2v) is 10.0. The number of benzene rings is 1. The summed E-state index contributed by atoms with van der Waals surface area (Å²) in [7, 11) is 0. The summed E-state index contributed by atoms with van der Waals surface area (Å²) >= 11 is 0. The van der Waals surface area contributed by atoms with Gasteiger partial charge in [-0.05, 0) is 37.1 Å². The summed E-state index contributed by atoms with van der Waals surface area (Å²) in [4.78, 5) is 57.1. The van der Waals surface area contributed by atoms with Gasteiger partial charge in [-0.3, -0.25) is 24.2 Å². The van der Waals surface area contributed by atoms with E-state index in [2.05, 4.69) is 26.3 Å². The Kier molecular flexibility index (Phi) is 8.77. The minimum Gasteiger partial charge on any atom is -0.507 e. The van der Waals surface area contributed by atoms with E-state index in [0.29, 0.717) is 5.56 Å². The second-order valence-electron chi connectivity index (χ2n) is 10.0. The van der Waals surface area contributed by atoms with Crippen LogP contribution >= 0.6 is 0 Å². The summed E-state index contributed by atoms with van der Waals surface area (Å²) in [5.74, 6) is -4.05. The van der Waals surface area contributed by atoms with Crippen LogP contribution in [0.25, 0.3) is 0 Å². The number of aromatic nitrogens is 1. The van der Waals surface area contributed by atoms with Crippen LogP contribution in [0.15, 0.2) is 48.8 Å². The molecule has 6 N–H and O–H groups in total. The van der Waals surface area contributed by atoms with E-state index < -0.39 is 59.8 Å². The van der Waals surface area contributed by atoms with E-state index in [4.69, 9.17) is 4.74 Å². The van der Waals surface area contributed by atoms with Crippen LogP contribution < -0.4 is 21.3 Å². The quantitative estimate of drug-likeness (QED) is 0.288. The Labute approximate surface area is 225 Å². The van der Waals surface area contributed by atoms with Crippen molar-refractivity contribution in [3.63, 3.8) is 0 Å². The second kappa shape index (κ2) is 12.2. The number of nitrogens with zero attached hydrogens (tertiary/aromatic N) is 1. The van der Waals surface area contributed by atoms with Crippen molar-refractivity contribution < 1.29 is 34.1 Å². The Morgan fingerprint density at radius 1 is 1.03 bits per heavy atom. The molecular weight excluding hydrogens is 506 g/mol. The van der Waals surface area contributed by atoms with Gasteiger partial charge >= 0.3 is 0 Å². The molecule has 2 aliphatic rings. The number of hydrogen-bond donors (Lipinski definition) is 6. The highest BCUT2D eigenvalue weighted by molar-refractivity contribution is 6.00. The van der Waals surface area contributed by atoms with Gasteiger partial charge in [0.15, 0.2) is 0 Å². The Bertz CT molecular complexity index is 1210. The number of carbonyl (C=O) groups excluding carboxylic acids is 4. The molecule has 208 valence electrons. The zero-order valence-corrected chi connectivity index (χ0v) is 21.7. The first-order valence-corrected chi connectivity index (χ1v) is 12.8. The van der Waals surface area contributed by atoms with Gasteiger partial charge in [0.05, 0.1) is 42.9 Å². The molecule has 0 aliphatic carbocycles. The van der Waals surface area contributed by atoms with Gasteiger partial charge in [-0.25, -0.2) is 0 Å². The maximum absolute atomic E-state index is 13.6. The molecule has 4 amide bonds. The van der Waals surface area contributed by atoms with Crippen LogP contribution in [0.5, 0.6) is 5.75 Å². The van der Waals surface area contributed by atoms with Gasteiger partial charge in [-0.1, -0.05) is 25.1 Å². The monoisotopic (exact) mass is 539 g/mol. The first-order chi connectivity index (χ1) is 18.7. The fourth-order valence-corrected chi connectivity index (χ4v) is 4.63. The fraction of sp³-hybridized carbons (Fsp3) is 0.444. The van der Waals surface area contributed by atoms with Gasteiger partial charge in [0.25, 0.3) is 5.91 Å². The zero-order chi connectivity index (χ0) is 28.1. The zero-order valence-electron chi connectivity index (χ0n) is 21.7. The van der Waals surface area contributed by atoms with Crippen LogP contribution in [0, 0.1) is 11.8 Å². The Morgan fingerprint density at radius 2 is 1.77 bits per heavy atom. The average molecular weight is 540 g/mol. The van der Waals surface area contributed by atoms with Crippen molar-refractivity contribution >= 4 is 23.6 Å². The largest absolute Gasteiger partial charge is 0.507 e. The van der Waals surface area contributed by atoms with Crippen molar-refractivity contribution in [1.29, 1.82) is 0 Å². The van der Waals surface area contributed by atoms with E-state index in [1.807, 2.05) is 0 Å². The molecular formula is C27H33N5O7. The molecule has 1 aromatic carbocycles. The highest BCUT2D eigenvalue weighted by Crippen LogP contribution is 2.20. The van der Waals surface area contributed by atoms with Gasteiger partial charge < -0.3 is 36.2 Å². The lowest BCUT2D eigenvalue weighted by Gasteiger charge is -2.37. The third kappa shape index (κ3) is 6.52. The summed E-state index contributed by atoms with van der Waals surface area (Å²) < 4.78 is 5.22. The standard InChI is InChI=1S/C27H33N5O7/c1-14-23(34)19(10-16-6-5-9-28-11-16)30-26(37)21(31-25(36)18-7-3-4-8-20(18)33)15(2)29-27(38)22(32-24(14)35)17-12-39-13-17/h3-9,11,14-15,17,19,21-23,33-34H,10,12-13H2,1-2H3,(H,29,38)(H,30,37)(H,31,36)(H,32,35). The first-order valence-electron chi connectivity index (χ1n) is 12.8. The Hall–Kier alpha value is -4.03. The molecule has 2 aliphatic heterocycles.